The first-order valence-electron chi connectivity index (χ1n) is 8.22. The van der Waals surface area contributed by atoms with Gasteiger partial charge in [0.05, 0.1) is 18.7 Å². The van der Waals surface area contributed by atoms with Crippen molar-refractivity contribution in [2.24, 2.45) is 5.73 Å². The number of ether oxygens (including phenoxy) is 3. The van der Waals surface area contributed by atoms with Gasteiger partial charge in [0.15, 0.2) is 6.29 Å². The largest absolute Gasteiger partial charge is 1.00 e. The number of carboxylic acid groups (broad SMARTS) is 2. The normalized spacial score (nSPS) is 9.42. The van der Waals surface area contributed by atoms with Gasteiger partial charge in [-0.3, -0.25) is 4.79 Å². The first kappa shape index (κ1) is 35.4. The predicted molar refractivity (Wildman–Crippen MR) is 97.1 cm³/mol. The fraction of sp³-hybridized carbons (Fsp3) is 0.333. The first-order valence-corrected chi connectivity index (χ1v) is 8.22. The Morgan fingerprint density at radius 2 is 1.77 bits per heavy atom. The molecule has 11 nitrogen and oxygen atoms in total. The van der Waals surface area contributed by atoms with E-state index in [9.17, 15) is 9.59 Å². The molecule has 1 amide bonds. The summed E-state index contributed by atoms with van der Waals surface area (Å²) in [7, 11) is 2.98. The van der Waals surface area contributed by atoms with E-state index in [0.717, 1.165) is 11.3 Å². The Bertz CT molecular complexity index is 806. The summed E-state index contributed by atoms with van der Waals surface area (Å²) in [5, 5.41) is 16.7. The number of amides is 1. The predicted octanol–water partition coefficient (Wildman–Crippen LogP) is -7.35. The number of imidazole rings is 1. The zero-order valence-electron chi connectivity index (χ0n) is 18.3. The van der Waals surface area contributed by atoms with Gasteiger partial charge in [-0.15, -0.1) is 0 Å². The van der Waals surface area contributed by atoms with E-state index in [1.807, 2.05) is 28.8 Å². The fourth-order valence-corrected chi connectivity index (χ4v) is 1.90. The van der Waals surface area contributed by atoms with Crippen molar-refractivity contribution < 1.29 is 142 Å². The SMILES string of the molecule is CCOC(=O)C=CC(OC)OC.NC(=O)Cc1cnc2ccccn12.O=C([O-])[O-].[K+].[K+]. The minimum atomic E-state index is -2.33. The summed E-state index contributed by atoms with van der Waals surface area (Å²) in [6.45, 7) is 2.11. The first-order chi connectivity index (χ1) is 13.7. The number of nitrogens with two attached hydrogens (primary N) is 1. The Kier molecular flexibility index (Phi) is 24.8. The second-order valence-electron chi connectivity index (χ2n) is 5.02. The molecule has 0 saturated carbocycles. The molecule has 0 aliphatic heterocycles. The Morgan fingerprint density at radius 3 is 2.26 bits per heavy atom. The summed E-state index contributed by atoms with van der Waals surface area (Å²) in [4.78, 5) is 33.9. The summed E-state index contributed by atoms with van der Waals surface area (Å²) < 4.78 is 16.1. The number of methoxy groups -OCH3 is 2. The number of hydrogen-bond acceptors (Lipinski definition) is 9. The van der Waals surface area contributed by atoms with Crippen LogP contribution in [0.3, 0.4) is 0 Å². The van der Waals surface area contributed by atoms with Crippen LogP contribution in [0, 0.1) is 0 Å². The van der Waals surface area contributed by atoms with Crippen LogP contribution in [0.2, 0.25) is 0 Å². The molecule has 2 aromatic rings. The second-order valence-corrected chi connectivity index (χ2v) is 5.02. The van der Waals surface area contributed by atoms with E-state index in [-0.39, 0.29) is 115 Å². The quantitative estimate of drug-likeness (QED) is 0.173. The average molecular weight is 488 g/mol. The molecule has 0 aromatic carbocycles. The van der Waals surface area contributed by atoms with Crippen molar-refractivity contribution in [1.82, 2.24) is 9.38 Å². The van der Waals surface area contributed by atoms with Crippen molar-refractivity contribution >= 4 is 23.7 Å². The molecule has 13 heteroatoms. The maximum atomic E-state index is 10.8. The van der Waals surface area contributed by atoms with E-state index in [0.29, 0.717) is 6.61 Å². The number of carbonyl (C=O) groups excluding carboxylic acids is 3. The Morgan fingerprint density at radius 1 is 1.19 bits per heavy atom. The van der Waals surface area contributed by atoms with E-state index >= 15 is 0 Å². The number of rotatable bonds is 7. The van der Waals surface area contributed by atoms with Crippen molar-refractivity contribution in [3.63, 3.8) is 0 Å². The molecule has 0 aliphatic carbocycles. The van der Waals surface area contributed by atoms with Crippen LogP contribution in [-0.2, 0) is 30.2 Å². The third-order valence-corrected chi connectivity index (χ3v) is 2.99. The van der Waals surface area contributed by atoms with Gasteiger partial charge in [0.1, 0.15) is 5.65 Å². The topological polar surface area (TPSA) is 168 Å². The molecule has 0 aliphatic rings. The van der Waals surface area contributed by atoms with Gasteiger partial charge in [0, 0.05) is 32.7 Å². The number of nitrogens with zero attached hydrogens (tertiary/aromatic N) is 2. The summed E-state index contributed by atoms with van der Waals surface area (Å²) in [5.41, 5.74) is 6.75. The van der Waals surface area contributed by atoms with Crippen LogP contribution >= 0.6 is 0 Å². The molecule has 0 unspecified atom stereocenters. The van der Waals surface area contributed by atoms with Crippen LogP contribution in [0.15, 0.2) is 42.7 Å². The molecule has 2 N–H and O–H groups in total. The molecular weight excluding hydrogens is 464 g/mol. The minimum absolute atomic E-state index is 0. The molecule has 31 heavy (non-hydrogen) atoms. The van der Waals surface area contributed by atoms with Crippen LogP contribution in [0.25, 0.3) is 5.65 Å². The zero-order chi connectivity index (χ0) is 22.2. The van der Waals surface area contributed by atoms with Crippen LogP contribution in [0.4, 0.5) is 4.79 Å². The molecule has 0 spiro atoms. The van der Waals surface area contributed by atoms with Crippen molar-refractivity contribution in [3.05, 3.63) is 48.4 Å². The Balaban J connectivity index is -0.000000411. The number of esters is 1. The fourth-order valence-electron chi connectivity index (χ4n) is 1.90. The molecular formula is C18H23K2N3O8. The number of hydrogen-bond donors (Lipinski definition) is 1. The maximum Gasteiger partial charge on any atom is 1.00 e. The number of pyridine rings is 1. The van der Waals surface area contributed by atoms with E-state index in [4.69, 9.17) is 30.2 Å². The van der Waals surface area contributed by atoms with Crippen molar-refractivity contribution in [1.29, 1.82) is 0 Å². The number of carbonyl (C=O) groups is 3. The number of fused-ring (bicyclic) bond motifs is 1. The van der Waals surface area contributed by atoms with Crippen molar-refractivity contribution in [3.8, 4) is 0 Å². The minimum Gasteiger partial charge on any atom is -0.652 e. The number of aromatic nitrogens is 2. The summed E-state index contributed by atoms with van der Waals surface area (Å²) >= 11 is 0. The van der Waals surface area contributed by atoms with Gasteiger partial charge < -0.3 is 39.4 Å². The Labute approximate surface area is 265 Å². The van der Waals surface area contributed by atoms with Gasteiger partial charge in [-0.25, -0.2) is 9.78 Å². The molecule has 0 saturated heterocycles. The monoisotopic (exact) mass is 487 g/mol. The van der Waals surface area contributed by atoms with Crippen LogP contribution in [-0.4, -0.2) is 54.5 Å². The van der Waals surface area contributed by atoms with Crippen LogP contribution < -0.4 is 119 Å². The molecule has 160 valence electrons. The zero-order valence-corrected chi connectivity index (χ0v) is 24.5. The molecule has 0 bridgehead atoms. The number of primary amides is 1. The molecule has 2 rings (SSSR count). The summed E-state index contributed by atoms with van der Waals surface area (Å²) in [6.07, 6.45) is 3.69. The van der Waals surface area contributed by atoms with E-state index in [1.165, 1.54) is 26.4 Å². The third-order valence-electron chi connectivity index (χ3n) is 2.99. The van der Waals surface area contributed by atoms with Crippen LogP contribution in [0.5, 0.6) is 0 Å². The average Bonchev–Trinajstić information content (AvgIpc) is 3.05. The van der Waals surface area contributed by atoms with Gasteiger partial charge in [-0.05, 0) is 31.3 Å². The summed E-state index contributed by atoms with van der Waals surface area (Å²) in [5.74, 6) is -0.734. The molecule has 2 heterocycles. The molecule has 0 atom stereocenters. The summed E-state index contributed by atoms with van der Waals surface area (Å²) in [6, 6.07) is 5.67. The second kappa shape index (κ2) is 21.7. The van der Waals surface area contributed by atoms with Gasteiger partial charge in [-0.2, -0.15) is 0 Å². The molecule has 0 radical (unpaired) electrons. The molecule has 2 aromatic heterocycles. The third kappa shape index (κ3) is 18.0. The standard InChI is InChI=1S/C9H9N3O.C8H14O4.CH2O3.2K/c10-8(13)5-7-6-11-9-3-1-2-4-12(7)9;1-4-12-7(9)5-6-8(10-2)11-3;2-1(3)4;;/h1-4,6H,5H2,(H2,10,13);5-6,8H,4H2,1-3H3;(H2,2,3,4);;/q;;;2*+1/p-2. The van der Waals surface area contributed by atoms with Gasteiger partial charge in [0.25, 0.3) is 0 Å². The van der Waals surface area contributed by atoms with E-state index in [2.05, 4.69) is 9.72 Å². The maximum absolute atomic E-state index is 10.8. The Hall–Kier alpha value is -0.167. The van der Waals surface area contributed by atoms with Crippen molar-refractivity contribution in [2.45, 2.75) is 19.6 Å². The van der Waals surface area contributed by atoms with Gasteiger partial charge >= 0.3 is 109 Å². The van der Waals surface area contributed by atoms with Gasteiger partial charge in [-0.1, -0.05) is 6.07 Å². The van der Waals surface area contributed by atoms with E-state index < -0.39 is 18.4 Å². The smallest absolute Gasteiger partial charge is 0.652 e. The van der Waals surface area contributed by atoms with Gasteiger partial charge in [0.2, 0.25) is 5.91 Å². The molecule has 0 fully saturated rings. The van der Waals surface area contributed by atoms with Crippen LogP contribution in [0.1, 0.15) is 12.6 Å². The van der Waals surface area contributed by atoms with Crippen molar-refractivity contribution in [2.75, 3.05) is 20.8 Å². The van der Waals surface area contributed by atoms with E-state index in [1.54, 1.807) is 13.1 Å².